The van der Waals surface area contributed by atoms with Crippen LogP contribution in [0.2, 0.25) is 0 Å². The van der Waals surface area contributed by atoms with Crippen LogP contribution in [0.1, 0.15) is 6.92 Å². The zero-order valence-electron chi connectivity index (χ0n) is 9.28. The van der Waals surface area contributed by atoms with Crippen LogP contribution in [0.15, 0.2) is 18.2 Å². The van der Waals surface area contributed by atoms with Crippen molar-refractivity contribution in [2.75, 3.05) is 26.4 Å². The van der Waals surface area contributed by atoms with Crippen LogP contribution in [0.25, 0.3) is 0 Å². The van der Waals surface area contributed by atoms with E-state index in [1.807, 2.05) is 32.0 Å². The van der Waals surface area contributed by atoms with E-state index in [2.05, 4.69) is 0 Å². The molecule has 1 heterocycles. The van der Waals surface area contributed by atoms with Gasteiger partial charge >= 0.3 is 0 Å². The van der Waals surface area contributed by atoms with Crippen molar-refractivity contribution < 1.29 is 9.47 Å². The number of nitrogens with two attached hydrogens (primary N) is 1. The molecule has 0 radical (unpaired) electrons. The lowest BCUT2D eigenvalue weighted by Gasteiger charge is -2.40. The maximum absolute atomic E-state index is 5.88. The molecule has 15 heavy (non-hydrogen) atoms. The predicted octanol–water partition coefficient (Wildman–Crippen LogP) is 1.32. The first-order chi connectivity index (χ1) is 7.01. The lowest BCUT2D eigenvalue weighted by molar-refractivity contribution is -0.0915. The molecule has 2 N–H and O–H groups in total. The number of benzene rings is 1. The average Bonchev–Trinajstić information content (AvgIpc) is 2.16. The van der Waals surface area contributed by atoms with E-state index in [9.17, 15) is 0 Å². The van der Waals surface area contributed by atoms with E-state index < -0.39 is 5.72 Å². The fourth-order valence-electron chi connectivity index (χ4n) is 1.42. The van der Waals surface area contributed by atoms with Gasteiger partial charge in [0.05, 0.1) is 0 Å². The van der Waals surface area contributed by atoms with Crippen molar-refractivity contribution in [2.45, 2.75) is 12.6 Å². The highest BCUT2D eigenvalue weighted by Crippen LogP contribution is 2.37. The van der Waals surface area contributed by atoms with Crippen LogP contribution in [-0.4, -0.2) is 31.3 Å². The number of ether oxygens (including phenoxy) is 2. The summed E-state index contributed by atoms with van der Waals surface area (Å²) in [6, 6.07) is 5.43. The van der Waals surface area contributed by atoms with Crippen LogP contribution in [0.3, 0.4) is 0 Å². The third kappa shape index (κ3) is 1.72. The summed E-state index contributed by atoms with van der Waals surface area (Å²) in [4.78, 5) is 1.99. The van der Waals surface area contributed by atoms with Crippen molar-refractivity contribution in [1.29, 1.82) is 0 Å². The van der Waals surface area contributed by atoms with Crippen LogP contribution in [-0.2, 0) is 0 Å². The quantitative estimate of drug-likeness (QED) is 0.707. The topological polar surface area (TPSA) is 47.7 Å². The summed E-state index contributed by atoms with van der Waals surface area (Å²) in [6.07, 6.45) is 0. The van der Waals surface area contributed by atoms with Crippen molar-refractivity contribution in [2.24, 2.45) is 0 Å². The van der Waals surface area contributed by atoms with Gasteiger partial charge < -0.3 is 15.2 Å². The Bertz CT molecular complexity index is 379. The van der Waals surface area contributed by atoms with Gasteiger partial charge in [-0.1, -0.05) is 0 Å². The van der Waals surface area contributed by atoms with Crippen molar-refractivity contribution in [3.63, 3.8) is 0 Å². The van der Waals surface area contributed by atoms with Crippen LogP contribution in [0, 0.1) is 0 Å². The summed E-state index contributed by atoms with van der Waals surface area (Å²) in [6.45, 7) is 2.50. The maximum atomic E-state index is 5.88. The summed E-state index contributed by atoms with van der Waals surface area (Å²) >= 11 is 0. The van der Waals surface area contributed by atoms with E-state index in [1.54, 1.807) is 12.1 Å². The Kier molecular flexibility index (Phi) is 2.23. The minimum absolute atomic E-state index is 0.430. The molecule has 4 nitrogen and oxygen atoms in total. The molecule has 0 saturated carbocycles. The van der Waals surface area contributed by atoms with Crippen LogP contribution in [0.4, 0.5) is 5.69 Å². The number of anilines is 1. The molecule has 1 atom stereocenters. The highest BCUT2D eigenvalue weighted by molar-refractivity contribution is 5.52. The van der Waals surface area contributed by atoms with Gasteiger partial charge in [-0.05, 0) is 33.2 Å². The number of nitrogen functional groups attached to an aromatic ring is 1. The van der Waals surface area contributed by atoms with Crippen molar-refractivity contribution in [3.8, 4) is 11.5 Å². The van der Waals surface area contributed by atoms with E-state index in [-0.39, 0.29) is 0 Å². The lowest BCUT2D eigenvalue weighted by Crippen LogP contribution is -2.53. The number of fused-ring (bicyclic) bond motifs is 1. The largest absolute Gasteiger partial charge is 0.484 e. The number of likely N-dealkylation sites (N-methyl/N-ethyl adjacent to an activating group) is 1. The molecule has 0 aromatic heterocycles. The van der Waals surface area contributed by atoms with Gasteiger partial charge in [-0.25, -0.2) is 0 Å². The summed E-state index contributed by atoms with van der Waals surface area (Å²) in [5, 5.41) is 0. The summed E-state index contributed by atoms with van der Waals surface area (Å²) in [5.74, 6) is 1.46. The normalized spacial score (nSPS) is 24.3. The summed E-state index contributed by atoms with van der Waals surface area (Å²) < 4.78 is 11.5. The van der Waals surface area contributed by atoms with Crippen LogP contribution >= 0.6 is 0 Å². The van der Waals surface area contributed by atoms with Crippen molar-refractivity contribution in [3.05, 3.63) is 18.2 Å². The van der Waals surface area contributed by atoms with E-state index >= 15 is 0 Å². The first-order valence-corrected chi connectivity index (χ1v) is 4.90. The molecule has 0 spiro atoms. The highest BCUT2D eigenvalue weighted by Gasteiger charge is 2.35. The second-order valence-electron chi connectivity index (χ2n) is 4.17. The second-order valence-corrected chi connectivity index (χ2v) is 4.17. The Morgan fingerprint density at radius 3 is 2.73 bits per heavy atom. The number of hydrogen-bond donors (Lipinski definition) is 1. The zero-order valence-corrected chi connectivity index (χ0v) is 9.28. The third-order valence-corrected chi connectivity index (χ3v) is 2.74. The molecule has 1 aliphatic heterocycles. The number of nitrogens with zero attached hydrogens (tertiary/aromatic N) is 1. The molecule has 0 bridgehead atoms. The molecule has 1 aliphatic rings. The Morgan fingerprint density at radius 1 is 1.33 bits per heavy atom. The Hall–Kier alpha value is -1.42. The molecule has 0 saturated heterocycles. The van der Waals surface area contributed by atoms with E-state index in [1.165, 1.54) is 0 Å². The van der Waals surface area contributed by atoms with Gasteiger partial charge in [0.15, 0.2) is 17.2 Å². The van der Waals surface area contributed by atoms with Crippen molar-refractivity contribution >= 4 is 5.69 Å². The SMILES string of the molecule is CN(C)C1(C)COc2ccc(N)cc2O1. The fourth-order valence-corrected chi connectivity index (χ4v) is 1.42. The van der Waals surface area contributed by atoms with Gasteiger partial charge in [-0.3, -0.25) is 4.90 Å². The average molecular weight is 208 g/mol. The molecule has 1 aromatic carbocycles. The lowest BCUT2D eigenvalue weighted by atomic mass is 10.2. The summed E-state index contributed by atoms with van der Waals surface area (Å²) in [7, 11) is 3.92. The number of hydrogen-bond acceptors (Lipinski definition) is 4. The van der Waals surface area contributed by atoms with Gasteiger partial charge in [-0.15, -0.1) is 0 Å². The Labute approximate surface area is 89.6 Å². The Balaban J connectivity index is 2.33. The molecule has 4 heteroatoms. The van der Waals surface area contributed by atoms with Crippen LogP contribution < -0.4 is 15.2 Å². The smallest absolute Gasteiger partial charge is 0.194 e. The molecular formula is C11H16N2O2. The van der Waals surface area contributed by atoms with Gasteiger partial charge in [0, 0.05) is 11.8 Å². The van der Waals surface area contributed by atoms with Gasteiger partial charge in [0.1, 0.15) is 6.61 Å². The molecule has 1 aromatic rings. The first-order valence-electron chi connectivity index (χ1n) is 4.90. The molecule has 1 unspecified atom stereocenters. The molecule has 0 fully saturated rings. The molecule has 0 aliphatic carbocycles. The fraction of sp³-hybridized carbons (Fsp3) is 0.455. The Morgan fingerprint density at radius 2 is 2.07 bits per heavy atom. The molecular weight excluding hydrogens is 192 g/mol. The monoisotopic (exact) mass is 208 g/mol. The van der Waals surface area contributed by atoms with Gasteiger partial charge in [0.2, 0.25) is 0 Å². The minimum Gasteiger partial charge on any atom is -0.484 e. The first kappa shape index (κ1) is 10.1. The number of rotatable bonds is 1. The van der Waals surface area contributed by atoms with Gasteiger partial charge in [-0.2, -0.15) is 0 Å². The van der Waals surface area contributed by atoms with E-state index in [0.717, 1.165) is 5.75 Å². The van der Waals surface area contributed by atoms with Gasteiger partial charge in [0.25, 0.3) is 0 Å². The third-order valence-electron chi connectivity index (χ3n) is 2.74. The summed E-state index contributed by atoms with van der Waals surface area (Å²) in [5.41, 5.74) is 5.95. The second kappa shape index (κ2) is 3.31. The zero-order chi connectivity index (χ0) is 11.1. The van der Waals surface area contributed by atoms with E-state index in [4.69, 9.17) is 15.2 Å². The minimum atomic E-state index is -0.430. The molecule has 82 valence electrons. The maximum Gasteiger partial charge on any atom is 0.194 e. The predicted molar refractivity (Wildman–Crippen MR) is 59.1 cm³/mol. The van der Waals surface area contributed by atoms with Crippen LogP contribution in [0.5, 0.6) is 11.5 Å². The highest BCUT2D eigenvalue weighted by atomic mass is 16.6. The van der Waals surface area contributed by atoms with Crippen molar-refractivity contribution in [1.82, 2.24) is 4.90 Å². The standard InChI is InChI=1S/C11H16N2O2/c1-11(13(2)3)7-14-9-5-4-8(12)6-10(9)15-11/h4-6H,7,12H2,1-3H3. The van der Waals surface area contributed by atoms with E-state index in [0.29, 0.717) is 18.0 Å². The molecule has 0 amide bonds. The molecule has 2 rings (SSSR count).